The molecule has 1 aromatic rings. The molecule has 1 aliphatic heterocycles. The van der Waals surface area contributed by atoms with Crippen molar-refractivity contribution >= 4 is 12.4 Å². The molecule has 0 amide bonds. The number of methoxy groups -OCH3 is 2. The maximum Gasteiger partial charge on any atom is 0.161 e. The van der Waals surface area contributed by atoms with E-state index < -0.39 is 0 Å². The lowest BCUT2D eigenvalue weighted by Gasteiger charge is -2.28. The van der Waals surface area contributed by atoms with Crippen LogP contribution in [-0.4, -0.2) is 45.8 Å². The number of piperidine rings is 1. The molecule has 4 nitrogen and oxygen atoms in total. The van der Waals surface area contributed by atoms with Crippen molar-refractivity contribution in [2.24, 2.45) is 5.92 Å². The summed E-state index contributed by atoms with van der Waals surface area (Å²) in [5, 5.41) is 3.43. The van der Waals surface area contributed by atoms with Crippen molar-refractivity contribution < 1.29 is 9.47 Å². The number of nitrogens with one attached hydrogen (secondary N) is 1. The number of hydrogen-bond donors (Lipinski definition) is 1. The summed E-state index contributed by atoms with van der Waals surface area (Å²) in [6, 6.07) is 4.17. The van der Waals surface area contributed by atoms with Gasteiger partial charge in [-0.05, 0) is 69.1 Å². The summed E-state index contributed by atoms with van der Waals surface area (Å²) >= 11 is 0. The van der Waals surface area contributed by atoms with E-state index in [9.17, 15) is 0 Å². The van der Waals surface area contributed by atoms with E-state index in [1.54, 1.807) is 14.2 Å². The Morgan fingerprint density at radius 2 is 1.73 bits per heavy atom. The molecule has 2 rings (SSSR count). The molecule has 1 saturated heterocycles. The number of benzene rings is 1. The van der Waals surface area contributed by atoms with E-state index in [-0.39, 0.29) is 12.4 Å². The Hall–Kier alpha value is -0.970. The summed E-state index contributed by atoms with van der Waals surface area (Å²) in [6.07, 6.45) is 2.57. The van der Waals surface area contributed by atoms with Gasteiger partial charge < -0.3 is 19.7 Å². The molecule has 1 aromatic carbocycles. The Kier molecular flexibility index (Phi) is 8.01. The van der Waals surface area contributed by atoms with E-state index in [2.05, 4.69) is 36.3 Å². The molecule has 0 bridgehead atoms. The zero-order chi connectivity index (χ0) is 15.2. The van der Waals surface area contributed by atoms with Gasteiger partial charge in [-0.3, -0.25) is 0 Å². The summed E-state index contributed by atoms with van der Waals surface area (Å²) in [4.78, 5) is 2.42. The zero-order valence-electron chi connectivity index (χ0n) is 14.1. The lowest BCUT2D eigenvalue weighted by Crippen LogP contribution is -2.34. The highest BCUT2D eigenvalue weighted by atomic mass is 35.5. The maximum atomic E-state index is 5.41. The molecule has 0 radical (unpaired) electrons. The highest BCUT2D eigenvalue weighted by Crippen LogP contribution is 2.30. The Balaban J connectivity index is 0.00000242. The van der Waals surface area contributed by atoms with Crippen molar-refractivity contribution in [2.75, 3.05) is 40.9 Å². The topological polar surface area (TPSA) is 33.7 Å². The van der Waals surface area contributed by atoms with Gasteiger partial charge in [0.1, 0.15) is 0 Å². The molecular weight excluding hydrogens is 300 g/mol. The van der Waals surface area contributed by atoms with E-state index in [0.29, 0.717) is 0 Å². The normalized spacial score (nSPS) is 15.5. The van der Waals surface area contributed by atoms with Crippen molar-refractivity contribution in [2.45, 2.75) is 26.3 Å². The minimum Gasteiger partial charge on any atom is -0.493 e. The van der Waals surface area contributed by atoms with Gasteiger partial charge in [0.25, 0.3) is 0 Å². The van der Waals surface area contributed by atoms with E-state index in [0.717, 1.165) is 43.6 Å². The molecule has 1 fully saturated rings. The molecule has 0 aromatic heterocycles. The van der Waals surface area contributed by atoms with Crippen LogP contribution in [0.15, 0.2) is 12.1 Å². The first-order valence-corrected chi connectivity index (χ1v) is 7.74. The number of aryl methyl sites for hydroxylation is 1. The molecule has 126 valence electrons. The predicted molar refractivity (Wildman–Crippen MR) is 93.5 cm³/mol. The first kappa shape index (κ1) is 19.1. The van der Waals surface area contributed by atoms with Crippen molar-refractivity contribution in [1.82, 2.24) is 10.2 Å². The number of halogens is 1. The quantitative estimate of drug-likeness (QED) is 0.870. The van der Waals surface area contributed by atoms with Gasteiger partial charge in [-0.15, -0.1) is 12.4 Å². The van der Waals surface area contributed by atoms with Crippen LogP contribution in [-0.2, 0) is 6.54 Å². The molecule has 22 heavy (non-hydrogen) atoms. The van der Waals surface area contributed by atoms with Crippen LogP contribution >= 0.6 is 12.4 Å². The average molecular weight is 329 g/mol. The number of rotatable bonds is 6. The largest absolute Gasteiger partial charge is 0.493 e. The van der Waals surface area contributed by atoms with Crippen molar-refractivity contribution in [3.63, 3.8) is 0 Å². The van der Waals surface area contributed by atoms with E-state index in [1.165, 1.54) is 24.0 Å². The van der Waals surface area contributed by atoms with Gasteiger partial charge >= 0.3 is 0 Å². The van der Waals surface area contributed by atoms with Crippen LogP contribution < -0.4 is 14.8 Å². The second kappa shape index (κ2) is 9.23. The molecule has 0 spiro atoms. The third-order valence-electron chi connectivity index (χ3n) is 4.31. The van der Waals surface area contributed by atoms with Crippen LogP contribution in [0.3, 0.4) is 0 Å². The molecule has 5 heteroatoms. The average Bonchev–Trinajstić information content (AvgIpc) is 2.49. The second-order valence-corrected chi connectivity index (χ2v) is 6.02. The fourth-order valence-electron chi connectivity index (χ4n) is 3.05. The second-order valence-electron chi connectivity index (χ2n) is 6.02. The van der Waals surface area contributed by atoms with Crippen LogP contribution in [0.4, 0.5) is 0 Å². The number of nitrogens with zero attached hydrogens (tertiary/aromatic N) is 1. The molecule has 0 atom stereocenters. The smallest absolute Gasteiger partial charge is 0.161 e. The third-order valence-corrected chi connectivity index (χ3v) is 4.31. The van der Waals surface area contributed by atoms with Crippen LogP contribution in [0.1, 0.15) is 24.0 Å². The van der Waals surface area contributed by atoms with Crippen molar-refractivity contribution in [3.05, 3.63) is 23.3 Å². The Morgan fingerprint density at radius 1 is 1.14 bits per heavy atom. The van der Waals surface area contributed by atoms with Gasteiger partial charge in [0.15, 0.2) is 11.5 Å². The van der Waals surface area contributed by atoms with Gasteiger partial charge in [0.05, 0.1) is 14.2 Å². The Morgan fingerprint density at radius 3 is 2.32 bits per heavy atom. The van der Waals surface area contributed by atoms with Gasteiger partial charge in [-0.25, -0.2) is 0 Å². The summed E-state index contributed by atoms with van der Waals surface area (Å²) in [7, 11) is 5.58. The van der Waals surface area contributed by atoms with Crippen LogP contribution in [0.2, 0.25) is 0 Å². The molecule has 0 aliphatic carbocycles. The molecule has 0 saturated carbocycles. The van der Waals surface area contributed by atoms with Crippen molar-refractivity contribution in [1.29, 1.82) is 0 Å². The predicted octanol–water partition coefficient (Wildman–Crippen LogP) is 2.87. The SMILES string of the molecule is COc1cc(C)c(CN(C)CC2CCNCC2)cc1OC.Cl. The standard InChI is InChI=1S/C17H28N2O2.ClH/c1-13-9-16(20-3)17(21-4)10-15(13)12-19(2)11-14-5-7-18-8-6-14;/h9-10,14,18H,5-8,11-12H2,1-4H3;1H. The third kappa shape index (κ3) is 5.04. The summed E-state index contributed by atoms with van der Waals surface area (Å²) in [5.41, 5.74) is 2.56. The van der Waals surface area contributed by atoms with Gasteiger partial charge in [-0.2, -0.15) is 0 Å². The Labute approximate surface area is 140 Å². The van der Waals surface area contributed by atoms with Crippen molar-refractivity contribution in [3.8, 4) is 11.5 Å². The first-order valence-electron chi connectivity index (χ1n) is 7.74. The summed E-state index contributed by atoms with van der Waals surface area (Å²) in [6.45, 7) is 6.57. The summed E-state index contributed by atoms with van der Waals surface area (Å²) < 4.78 is 10.8. The highest BCUT2D eigenvalue weighted by Gasteiger charge is 2.16. The number of ether oxygens (including phenoxy) is 2. The Bertz CT molecular complexity index is 462. The molecule has 1 N–H and O–H groups in total. The summed E-state index contributed by atoms with van der Waals surface area (Å²) in [5.74, 6) is 2.44. The fourth-order valence-corrected chi connectivity index (χ4v) is 3.05. The van der Waals surface area contributed by atoms with Crippen LogP contribution in [0.25, 0.3) is 0 Å². The minimum absolute atomic E-state index is 0. The van der Waals surface area contributed by atoms with E-state index >= 15 is 0 Å². The minimum atomic E-state index is 0. The maximum absolute atomic E-state index is 5.41. The first-order chi connectivity index (χ1) is 10.1. The molecule has 1 aliphatic rings. The lowest BCUT2D eigenvalue weighted by atomic mass is 9.97. The molecule has 1 heterocycles. The zero-order valence-corrected chi connectivity index (χ0v) is 15.0. The number of hydrogen-bond acceptors (Lipinski definition) is 4. The monoisotopic (exact) mass is 328 g/mol. The van der Waals surface area contributed by atoms with Gasteiger partial charge in [0.2, 0.25) is 0 Å². The van der Waals surface area contributed by atoms with E-state index in [1.807, 2.05) is 0 Å². The lowest BCUT2D eigenvalue weighted by molar-refractivity contribution is 0.234. The molecular formula is C17H29ClN2O2. The fraction of sp³-hybridized carbons (Fsp3) is 0.647. The van der Waals surface area contributed by atoms with Crippen LogP contribution in [0, 0.1) is 12.8 Å². The van der Waals surface area contributed by atoms with Crippen LogP contribution in [0.5, 0.6) is 11.5 Å². The van der Waals surface area contributed by atoms with E-state index in [4.69, 9.17) is 9.47 Å². The van der Waals surface area contributed by atoms with Gasteiger partial charge in [0, 0.05) is 13.1 Å². The highest BCUT2D eigenvalue weighted by molar-refractivity contribution is 5.85. The van der Waals surface area contributed by atoms with Gasteiger partial charge in [-0.1, -0.05) is 0 Å². The molecule has 0 unspecified atom stereocenters.